The molecule has 0 unspecified atom stereocenters. The van der Waals surface area contributed by atoms with Crippen LogP contribution in [0.1, 0.15) is 28.1 Å². The normalized spacial score (nSPS) is 14.2. The van der Waals surface area contributed by atoms with Gasteiger partial charge >= 0.3 is 0 Å². The van der Waals surface area contributed by atoms with E-state index in [0.29, 0.717) is 11.1 Å². The highest BCUT2D eigenvalue weighted by atomic mass is 16.2. The molecular weight excluding hydrogens is 422 g/mol. The van der Waals surface area contributed by atoms with E-state index >= 15 is 0 Å². The first kappa shape index (κ1) is 20.2. The molecule has 2 amide bonds. The highest BCUT2D eigenvalue weighted by Crippen LogP contribution is 2.43. The summed E-state index contributed by atoms with van der Waals surface area (Å²) < 4.78 is 0. The molecule has 0 atom stereocenters. The number of rotatable bonds is 4. The second-order valence-electron chi connectivity index (χ2n) is 8.77. The predicted molar refractivity (Wildman–Crippen MR) is 135 cm³/mol. The van der Waals surface area contributed by atoms with Gasteiger partial charge in [0.1, 0.15) is 0 Å². The van der Waals surface area contributed by atoms with E-state index in [2.05, 4.69) is 9.97 Å². The lowest BCUT2D eigenvalue weighted by molar-refractivity contribution is -0.136. The zero-order valence-corrected chi connectivity index (χ0v) is 19.0. The summed E-state index contributed by atoms with van der Waals surface area (Å²) >= 11 is 0. The second kappa shape index (κ2) is 7.59. The molecule has 0 bridgehead atoms. The van der Waals surface area contributed by atoms with Crippen LogP contribution in [-0.2, 0) is 16.1 Å². The van der Waals surface area contributed by atoms with Crippen molar-refractivity contribution in [3.8, 4) is 0 Å². The predicted octanol–water partition coefficient (Wildman–Crippen LogP) is 5.75. The van der Waals surface area contributed by atoms with Crippen LogP contribution in [0.3, 0.4) is 0 Å². The van der Waals surface area contributed by atoms with Crippen molar-refractivity contribution >= 4 is 44.8 Å². The summed E-state index contributed by atoms with van der Waals surface area (Å²) in [7, 11) is 0. The molecule has 3 aromatic carbocycles. The third-order valence-electron chi connectivity index (χ3n) is 6.64. The summed E-state index contributed by atoms with van der Waals surface area (Å²) in [5.74, 6) is -0.525. The van der Waals surface area contributed by atoms with Crippen molar-refractivity contribution in [3.05, 3.63) is 107 Å². The molecule has 0 fully saturated rings. The molecular formula is C29H23N3O2. The number of aryl methyl sites for hydroxylation is 2. The van der Waals surface area contributed by atoms with Crippen LogP contribution in [0.4, 0.5) is 0 Å². The topological polar surface area (TPSA) is 69.0 Å². The largest absolute Gasteiger partial charge is 0.358 e. The summed E-state index contributed by atoms with van der Waals surface area (Å²) in [4.78, 5) is 36.2. The van der Waals surface area contributed by atoms with Gasteiger partial charge in [-0.3, -0.25) is 14.5 Å². The van der Waals surface area contributed by atoms with Crippen LogP contribution >= 0.6 is 0 Å². The van der Waals surface area contributed by atoms with Gasteiger partial charge in [-0.2, -0.15) is 0 Å². The first-order valence-corrected chi connectivity index (χ1v) is 11.3. The maximum atomic E-state index is 14.0. The molecule has 0 saturated carbocycles. The monoisotopic (exact) mass is 445 g/mol. The van der Waals surface area contributed by atoms with E-state index in [1.807, 2.05) is 92.7 Å². The Labute approximate surface area is 196 Å². The molecule has 6 rings (SSSR count). The Hall–Kier alpha value is -4.38. The van der Waals surface area contributed by atoms with E-state index in [9.17, 15) is 9.59 Å². The Morgan fingerprint density at radius 2 is 1.06 bits per heavy atom. The Morgan fingerprint density at radius 3 is 1.56 bits per heavy atom. The minimum Gasteiger partial charge on any atom is -0.358 e. The lowest BCUT2D eigenvalue weighted by Gasteiger charge is -2.15. The molecule has 0 aliphatic carbocycles. The van der Waals surface area contributed by atoms with Crippen LogP contribution in [0.15, 0.2) is 78.9 Å². The number of carbonyl (C=O) groups excluding carboxylic acids is 2. The van der Waals surface area contributed by atoms with Crippen molar-refractivity contribution in [2.75, 3.05) is 0 Å². The molecule has 3 heterocycles. The van der Waals surface area contributed by atoms with Crippen LogP contribution in [-0.4, -0.2) is 26.7 Å². The number of aromatic amines is 2. The third kappa shape index (κ3) is 2.94. The van der Waals surface area contributed by atoms with Gasteiger partial charge in [-0.1, -0.05) is 66.7 Å². The number of aromatic nitrogens is 2. The van der Waals surface area contributed by atoms with E-state index in [1.165, 1.54) is 4.90 Å². The van der Waals surface area contributed by atoms with Crippen molar-refractivity contribution in [1.82, 2.24) is 14.9 Å². The molecule has 2 aromatic heterocycles. The van der Waals surface area contributed by atoms with Crippen molar-refractivity contribution in [2.45, 2.75) is 20.4 Å². The van der Waals surface area contributed by atoms with Gasteiger partial charge in [0.25, 0.3) is 11.8 Å². The summed E-state index contributed by atoms with van der Waals surface area (Å²) in [6, 6.07) is 25.5. The van der Waals surface area contributed by atoms with Gasteiger partial charge in [0.2, 0.25) is 0 Å². The standard InChI is InChI=1S/C29H23N3O2/c1-17-24(20-12-6-8-14-22(20)30-17)26-27(25-18(2)31-23-15-9-7-13-21(23)25)29(34)32(28(26)33)16-19-10-4-3-5-11-19/h3-15,30-31H,16H2,1-2H3. The minimum absolute atomic E-state index is 0.230. The number of carbonyl (C=O) groups is 2. The fourth-order valence-electron chi connectivity index (χ4n) is 5.15. The number of hydrogen-bond donors (Lipinski definition) is 2. The molecule has 5 aromatic rings. The SMILES string of the molecule is Cc1[nH]c2ccccc2c1C1=C(c2c(C)[nH]c3ccccc23)C(=O)N(Cc2ccccc2)C1=O. The number of H-pyrrole nitrogens is 2. The maximum absolute atomic E-state index is 14.0. The van der Waals surface area contributed by atoms with Gasteiger partial charge in [-0.15, -0.1) is 0 Å². The van der Waals surface area contributed by atoms with Crippen LogP contribution in [0, 0.1) is 13.8 Å². The van der Waals surface area contributed by atoms with E-state index in [-0.39, 0.29) is 18.4 Å². The van der Waals surface area contributed by atoms with E-state index in [4.69, 9.17) is 0 Å². The minimum atomic E-state index is -0.263. The molecule has 166 valence electrons. The number of benzene rings is 3. The molecule has 0 radical (unpaired) electrons. The summed E-state index contributed by atoms with van der Waals surface area (Å²) in [5.41, 5.74) is 7.05. The lowest BCUT2D eigenvalue weighted by atomic mass is 9.93. The quantitative estimate of drug-likeness (QED) is 0.346. The highest BCUT2D eigenvalue weighted by molar-refractivity contribution is 6.51. The smallest absolute Gasteiger partial charge is 0.262 e. The van der Waals surface area contributed by atoms with Crippen LogP contribution in [0.2, 0.25) is 0 Å². The molecule has 1 aliphatic heterocycles. The molecule has 2 N–H and O–H groups in total. The van der Waals surface area contributed by atoms with Gasteiger partial charge in [0.15, 0.2) is 0 Å². The Balaban J connectivity index is 1.64. The molecule has 34 heavy (non-hydrogen) atoms. The number of amides is 2. The average molecular weight is 446 g/mol. The molecule has 1 aliphatic rings. The van der Waals surface area contributed by atoms with Crippen molar-refractivity contribution in [3.63, 3.8) is 0 Å². The van der Waals surface area contributed by atoms with Gasteiger partial charge in [0.05, 0.1) is 17.7 Å². The van der Waals surface area contributed by atoms with Gasteiger partial charge < -0.3 is 9.97 Å². The zero-order chi connectivity index (χ0) is 23.4. The first-order valence-electron chi connectivity index (χ1n) is 11.3. The van der Waals surface area contributed by atoms with Gasteiger partial charge in [-0.05, 0) is 31.5 Å². The molecule has 5 heteroatoms. The molecule has 5 nitrogen and oxygen atoms in total. The van der Waals surface area contributed by atoms with Crippen molar-refractivity contribution in [2.24, 2.45) is 0 Å². The van der Waals surface area contributed by atoms with Gasteiger partial charge in [0, 0.05) is 44.3 Å². The van der Waals surface area contributed by atoms with Crippen molar-refractivity contribution < 1.29 is 9.59 Å². The van der Waals surface area contributed by atoms with Gasteiger partial charge in [-0.25, -0.2) is 0 Å². The average Bonchev–Trinajstić information content (AvgIpc) is 3.43. The fraction of sp³-hybridized carbons (Fsp3) is 0.103. The third-order valence-corrected chi connectivity index (χ3v) is 6.64. The number of hydrogen-bond acceptors (Lipinski definition) is 2. The highest BCUT2D eigenvalue weighted by Gasteiger charge is 2.42. The Bertz CT molecular complexity index is 1530. The number of imide groups is 1. The number of para-hydroxylation sites is 2. The fourth-order valence-corrected chi connectivity index (χ4v) is 5.15. The van der Waals surface area contributed by atoms with E-state index < -0.39 is 0 Å². The van der Waals surface area contributed by atoms with Crippen LogP contribution in [0.25, 0.3) is 33.0 Å². The zero-order valence-electron chi connectivity index (χ0n) is 19.0. The second-order valence-corrected chi connectivity index (χ2v) is 8.77. The Morgan fingerprint density at radius 1 is 0.618 bits per heavy atom. The molecule has 0 spiro atoms. The van der Waals surface area contributed by atoms with Crippen LogP contribution in [0.5, 0.6) is 0 Å². The maximum Gasteiger partial charge on any atom is 0.262 e. The van der Waals surface area contributed by atoms with E-state index in [1.54, 1.807) is 0 Å². The molecule has 0 saturated heterocycles. The summed E-state index contributed by atoms with van der Waals surface area (Å²) in [6.45, 7) is 4.15. The van der Waals surface area contributed by atoms with Crippen LogP contribution < -0.4 is 0 Å². The lowest BCUT2D eigenvalue weighted by Crippen LogP contribution is -2.31. The summed E-state index contributed by atoms with van der Waals surface area (Å²) in [6.07, 6.45) is 0. The van der Waals surface area contributed by atoms with Crippen molar-refractivity contribution in [1.29, 1.82) is 0 Å². The Kier molecular flexibility index (Phi) is 4.52. The first-order chi connectivity index (χ1) is 16.5. The summed E-state index contributed by atoms with van der Waals surface area (Å²) in [5, 5.41) is 1.88. The van der Waals surface area contributed by atoms with E-state index in [0.717, 1.165) is 49.9 Å². The number of fused-ring (bicyclic) bond motifs is 2. The number of nitrogens with zero attached hydrogens (tertiary/aromatic N) is 1. The number of nitrogens with one attached hydrogen (secondary N) is 2.